The van der Waals surface area contributed by atoms with Crippen LogP contribution in [0.4, 0.5) is 0 Å². The van der Waals surface area contributed by atoms with E-state index in [0.717, 1.165) is 11.1 Å². The maximum absolute atomic E-state index is 12.4. The van der Waals surface area contributed by atoms with Crippen LogP contribution in [0.25, 0.3) is 0 Å². The van der Waals surface area contributed by atoms with Gasteiger partial charge in [-0.1, -0.05) is 35.4 Å². The van der Waals surface area contributed by atoms with Gasteiger partial charge in [-0.15, -0.1) is 0 Å². The number of aryl methyl sites for hydroxylation is 4. The Bertz CT molecular complexity index is 930. The summed E-state index contributed by atoms with van der Waals surface area (Å²) < 4.78 is 54.3. The highest BCUT2D eigenvalue weighted by molar-refractivity contribution is 7.90. The Hall–Kier alpha value is -1.74. The molecule has 0 aliphatic heterocycles. The van der Waals surface area contributed by atoms with Gasteiger partial charge in [0.2, 0.25) is 20.0 Å². The molecule has 0 unspecified atom stereocenters. The molecule has 2 aromatic carbocycles. The Morgan fingerprint density at radius 3 is 1.31 bits per heavy atom. The van der Waals surface area contributed by atoms with Crippen molar-refractivity contribution < 1.29 is 16.8 Å². The van der Waals surface area contributed by atoms with Gasteiger partial charge >= 0.3 is 0 Å². The second-order valence-corrected chi connectivity index (χ2v) is 9.80. The topological polar surface area (TPSA) is 92.3 Å². The van der Waals surface area contributed by atoms with Crippen LogP contribution in [0, 0.1) is 27.7 Å². The number of sulfonamides is 2. The second-order valence-electron chi connectivity index (χ2n) is 6.33. The van der Waals surface area contributed by atoms with Crippen molar-refractivity contribution in [1.82, 2.24) is 9.44 Å². The molecule has 2 N–H and O–H groups in total. The summed E-state index contributed by atoms with van der Waals surface area (Å²) in [5.41, 5.74) is 3.24. The molecule has 0 spiro atoms. The molecule has 0 amide bonds. The summed E-state index contributed by atoms with van der Waals surface area (Å²) in [7, 11) is -7.38. The molecular weight excluding hydrogens is 372 g/mol. The molecule has 6 nitrogen and oxygen atoms in total. The zero-order chi connectivity index (χ0) is 19.5. The fourth-order valence-electron chi connectivity index (χ4n) is 2.73. The summed E-state index contributed by atoms with van der Waals surface area (Å²) in [5.74, 6) is 0. The molecule has 0 saturated carbocycles. The first kappa shape index (κ1) is 20.6. The summed E-state index contributed by atoms with van der Waals surface area (Å²) in [5, 5.41) is 0. The number of nitrogens with one attached hydrogen (secondary N) is 2. The largest absolute Gasteiger partial charge is 0.240 e. The first-order valence-electron chi connectivity index (χ1n) is 8.17. The minimum Gasteiger partial charge on any atom is -0.210 e. The molecule has 26 heavy (non-hydrogen) atoms. The number of hydrogen-bond donors (Lipinski definition) is 2. The Morgan fingerprint density at radius 1 is 0.654 bits per heavy atom. The predicted octanol–water partition coefficient (Wildman–Crippen LogP) is 2.18. The van der Waals surface area contributed by atoms with Crippen molar-refractivity contribution in [3.05, 3.63) is 58.7 Å². The molecule has 0 bridgehead atoms. The van der Waals surface area contributed by atoms with Gasteiger partial charge in [-0.2, -0.15) is 0 Å². The van der Waals surface area contributed by atoms with Crippen LogP contribution in [0.15, 0.2) is 46.2 Å². The molecule has 0 fully saturated rings. The zero-order valence-electron chi connectivity index (χ0n) is 15.3. The summed E-state index contributed by atoms with van der Waals surface area (Å²) in [6.07, 6.45) is 0. The molecule has 0 aliphatic carbocycles. The lowest BCUT2D eigenvalue weighted by Crippen LogP contribution is -2.35. The van der Waals surface area contributed by atoms with Crippen LogP contribution < -0.4 is 9.44 Å². The SMILES string of the molecule is Cc1ccc(S(=O)(=O)NCCNS(=O)(=O)c2ccc(C)cc2C)c(C)c1. The average Bonchev–Trinajstić information content (AvgIpc) is 2.51. The molecule has 0 atom stereocenters. The Morgan fingerprint density at radius 2 is 1.00 bits per heavy atom. The molecule has 142 valence electrons. The minimum absolute atomic E-state index is 0.0419. The van der Waals surface area contributed by atoms with Gasteiger partial charge in [0.05, 0.1) is 9.79 Å². The van der Waals surface area contributed by atoms with Crippen molar-refractivity contribution in [2.24, 2.45) is 0 Å². The number of benzene rings is 2. The van der Waals surface area contributed by atoms with Gasteiger partial charge in [-0.3, -0.25) is 0 Å². The molecule has 0 radical (unpaired) electrons. The van der Waals surface area contributed by atoms with E-state index in [4.69, 9.17) is 0 Å². The lowest BCUT2D eigenvalue weighted by atomic mass is 10.2. The maximum atomic E-state index is 12.4. The molecule has 0 saturated heterocycles. The quantitative estimate of drug-likeness (QED) is 0.702. The highest BCUT2D eigenvalue weighted by Crippen LogP contribution is 2.17. The van der Waals surface area contributed by atoms with E-state index in [-0.39, 0.29) is 22.9 Å². The third kappa shape index (κ3) is 4.91. The number of rotatable bonds is 7. The Kier molecular flexibility index (Phi) is 6.23. The minimum atomic E-state index is -3.69. The molecule has 8 heteroatoms. The molecule has 0 aliphatic rings. The number of hydrogen-bond acceptors (Lipinski definition) is 4. The molecule has 0 aromatic heterocycles. The molecule has 2 rings (SSSR count). The van der Waals surface area contributed by atoms with Crippen LogP contribution in [0.3, 0.4) is 0 Å². The fraction of sp³-hybridized carbons (Fsp3) is 0.333. The van der Waals surface area contributed by atoms with Gasteiger partial charge in [0, 0.05) is 13.1 Å². The molecule has 0 heterocycles. The monoisotopic (exact) mass is 396 g/mol. The fourth-order valence-corrected chi connectivity index (χ4v) is 5.24. The lowest BCUT2D eigenvalue weighted by Gasteiger charge is -2.12. The van der Waals surface area contributed by atoms with Gasteiger partial charge in [-0.25, -0.2) is 26.3 Å². The first-order valence-corrected chi connectivity index (χ1v) is 11.1. The van der Waals surface area contributed by atoms with E-state index in [2.05, 4.69) is 9.44 Å². The van der Waals surface area contributed by atoms with E-state index < -0.39 is 20.0 Å². The van der Waals surface area contributed by atoms with Crippen molar-refractivity contribution >= 4 is 20.0 Å². The van der Waals surface area contributed by atoms with Crippen molar-refractivity contribution in [3.63, 3.8) is 0 Å². The van der Waals surface area contributed by atoms with Crippen molar-refractivity contribution in [2.75, 3.05) is 13.1 Å². The zero-order valence-corrected chi connectivity index (χ0v) is 17.0. The first-order chi connectivity index (χ1) is 12.0. The van der Waals surface area contributed by atoms with Gasteiger partial charge < -0.3 is 0 Å². The molecular formula is C18H24N2O4S2. The third-order valence-electron chi connectivity index (χ3n) is 3.95. The van der Waals surface area contributed by atoms with Gasteiger partial charge in [-0.05, 0) is 51.0 Å². The van der Waals surface area contributed by atoms with Gasteiger partial charge in [0.1, 0.15) is 0 Å². The van der Waals surface area contributed by atoms with Crippen LogP contribution in [0.1, 0.15) is 22.3 Å². The van der Waals surface area contributed by atoms with E-state index in [0.29, 0.717) is 11.1 Å². The smallest absolute Gasteiger partial charge is 0.210 e. The van der Waals surface area contributed by atoms with Crippen LogP contribution in [-0.2, 0) is 20.0 Å². The van der Waals surface area contributed by atoms with Crippen LogP contribution in [0.5, 0.6) is 0 Å². The van der Waals surface area contributed by atoms with E-state index in [1.165, 1.54) is 0 Å². The van der Waals surface area contributed by atoms with Crippen LogP contribution in [-0.4, -0.2) is 29.9 Å². The van der Waals surface area contributed by atoms with Crippen molar-refractivity contribution in [1.29, 1.82) is 0 Å². The standard InChI is InChI=1S/C18H24N2O4S2/c1-13-5-7-17(15(3)11-13)25(21,22)19-9-10-20-26(23,24)18-8-6-14(2)12-16(18)4/h5-8,11-12,19-20H,9-10H2,1-4H3. The Labute approximate surface area is 155 Å². The summed E-state index contributed by atoms with van der Waals surface area (Å²) in [6, 6.07) is 10.1. The van der Waals surface area contributed by atoms with Crippen molar-refractivity contribution in [2.45, 2.75) is 37.5 Å². The van der Waals surface area contributed by atoms with Gasteiger partial charge in [0.25, 0.3) is 0 Å². The van der Waals surface area contributed by atoms with Crippen LogP contribution >= 0.6 is 0 Å². The second kappa shape index (κ2) is 7.87. The average molecular weight is 397 g/mol. The van der Waals surface area contributed by atoms with E-state index in [9.17, 15) is 16.8 Å². The summed E-state index contributed by atoms with van der Waals surface area (Å²) in [6.45, 7) is 7.14. The lowest BCUT2D eigenvalue weighted by molar-refractivity contribution is 0.570. The van der Waals surface area contributed by atoms with Crippen molar-refractivity contribution in [3.8, 4) is 0 Å². The molecule has 2 aromatic rings. The van der Waals surface area contributed by atoms with E-state index in [1.807, 2.05) is 13.8 Å². The normalized spacial score (nSPS) is 12.3. The maximum Gasteiger partial charge on any atom is 0.240 e. The Balaban J connectivity index is 2.01. The summed E-state index contributed by atoms with van der Waals surface area (Å²) in [4.78, 5) is 0.390. The predicted molar refractivity (Wildman–Crippen MR) is 102 cm³/mol. The highest BCUT2D eigenvalue weighted by Gasteiger charge is 2.18. The third-order valence-corrected chi connectivity index (χ3v) is 7.19. The van der Waals surface area contributed by atoms with Crippen LogP contribution in [0.2, 0.25) is 0 Å². The highest BCUT2D eigenvalue weighted by atomic mass is 32.2. The summed E-state index contributed by atoms with van der Waals surface area (Å²) >= 11 is 0. The van der Waals surface area contributed by atoms with E-state index in [1.54, 1.807) is 50.2 Å². The van der Waals surface area contributed by atoms with E-state index >= 15 is 0 Å². The van der Waals surface area contributed by atoms with Gasteiger partial charge in [0.15, 0.2) is 0 Å².